The maximum Gasteiger partial charge on any atom is 0.326 e. The highest BCUT2D eigenvalue weighted by Gasteiger charge is 2.31. The quantitative estimate of drug-likeness (QED) is 0.824. The zero-order valence-electron chi connectivity index (χ0n) is 12.4. The first kappa shape index (κ1) is 15.8. The molecule has 1 atom stereocenters. The van der Waals surface area contributed by atoms with Crippen LogP contribution in [0.5, 0.6) is 0 Å². The Morgan fingerprint density at radius 3 is 2.32 bits per heavy atom. The van der Waals surface area contributed by atoms with Gasteiger partial charge in [-0.25, -0.2) is 9.59 Å². The summed E-state index contributed by atoms with van der Waals surface area (Å²) in [5.74, 6) is -0.978. The van der Waals surface area contributed by atoms with Gasteiger partial charge < -0.3 is 15.3 Å². The van der Waals surface area contributed by atoms with Crippen LogP contribution in [0.3, 0.4) is 0 Å². The van der Waals surface area contributed by atoms with Crippen molar-refractivity contribution in [3.8, 4) is 0 Å². The third-order valence-corrected chi connectivity index (χ3v) is 4.18. The Kier molecular flexibility index (Phi) is 5.20. The van der Waals surface area contributed by atoms with Crippen molar-refractivity contribution in [2.24, 2.45) is 5.41 Å². The average Bonchev–Trinajstić information content (AvgIpc) is 2.34. The molecule has 1 fully saturated rings. The number of carboxylic acids is 1. The first-order chi connectivity index (χ1) is 8.76. The molecular weight excluding hydrogens is 244 g/mol. The molecule has 2 amide bonds. The van der Waals surface area contributed by atoms with E-state index < -0.39 is 12.0 Å². The van der Waals surface area contributed by atoms with E-state index in [-0.39, 0.29) is 12.1 Å². The summed E-state index contributed by atoms with van der Waals surface area (Å²) in [6.07, 6.45) is 4.57. The van der Waals surface area contributed by atoms with Crippen LogP contribution < -0.4 is 5.32 Å². The molecule has 0 unspecified atom stereocenters. The number of carbonyl (C=O) groups excluding carboxylic acids is 1. The fourth-order valence-electron chi connectivity index (χ4n) is 2.53. The number of amides is 2. The molecule has 0 aliphatic heterocycles. The van der Waals surface area contributed by atoms with Crippen LogP contribution in [0.2, 0.25) is 0 Å². The largest absolute Gasteiger partial charge is 0.480 e. The normalized spacial score (nSPS) is 20.6. The summed E-state index contributed by atoms with van der Waals surface area (Å²) in [6.45, 7) is 6.25. The van der Waals surface area contributed by atoms with Crippen molar-refractivity contribution < 1.29 is 14.7 Å². The lowest BCUT2D eigenvalue weighted by Gasteiger charge is -2.38. The molecule has 5 heteroatoms. The van der Waals surface area contributed by atoms with Gasteiger partial charge in [-0.05, 0) is 37.5 Å². The lowest BCUT2D eigenvalue weighted by molar-refractivity contribution is -0.139. The van der Waals surface area contributed by atoms with Crippen molar-refractivity contribution in [3.63, 3.8) is 0 Å². The van der Waals surface area contributed by atoms with Crippen molar-refractivity contribution in [1.82, 2.24) is 10.2 Å². The highest BCUT2D eigenvalue weighted by Crippen LogP contribution is 2.36. The minimum Gasteiger partial charge on any atom is -0.480 e. The molecule has 1 aliphatic rings. The summed E-state index contributed by atoms with van der Waals surface area (Å²) >= 11 is 0. The molecule has 1 aliphatic carbocycles. The van der Waals surface area contributed by atoms with Crippen molar-refractivity contribution in [2.45, 2.75) is 65.0 Å². The summed E-state index contributed by atoms with van der Waals surface area (Å²) < 4.78 is 0. The first-order valence-electron chi connectivity index (χ1n) is 7.03. The molecule has 2 N–H and O–H groups in total. The zero-order valence-corrected chi connectivity index (χ0v) is 12.4. The van der Waals surface area contributed by atoms with Gasteiger partial charge in [0, 0.05) is 13.1 Å². The van der Waals surface area contributed by atoms with E-state index in [9.17, 15) is 9.59 Å². The number of nitrogens with zero attached hydrogens (tertiary/aromatic N) is 1. The van der Waals surface area contributed by atoms with Crippen LogP contribution in [0.1, 0.15) is 52.9 Å². The highest BCUT2D eigenvalue weighted by atomic mass is 16.4. The maximum atomic E-state index is 12.0. The average molecular weight is 270 g/mol. The lowest BCUT2D eigenvalue weighted by atomic mass is 9.75. The van der Waals surface area contributed by atoms with Crippen LogP contribution in [0, 0.1) is 5.41 Å². The Bertz CT molecular complexity index is 332. The van der Waals surface area contributed by atoms with E-state index in [2.05, 4.69) is 19.2 Å². The number of hydrogen-bond donors (Lipinski definition) is 2. The SMILES string of the molecule is CC[C@@H](NC(=O)N(C)C1CCC(C)(C)CC1)C(=O)O. The summed E-state index contributed by atoms with van der Waals surface area (Å²) in [4.78, 5) is 24.6. The van der Waals surface area contributed by atoms with Gasteiger partial charge in [0.05, 0.1) is 0 Å². The predicted molar refractivity (Wildman–Crippen MR) is 74.0 cm³/mol. The smallest absolute Gasteiger partial charge is 0.326 e. The standard InChI is InChI=1S/C14H26N2O3/c1-5-11(12(17)18)15-13(19)16(4)10-6-8-14(2,3)9-7-10/h10-11H,5-9H2,1-4H3,(H,15,19)(H,17,18)/t11-/m1/s1. The van der Waals surface area contributed by atoms with E-state index in [0.29, 0.717) is 11.8 Å². The molecule has 0 aromatic heterocycles. The summed E-state index contributed by atoms with van der Waals surface area (Å²) in [5, 5.41) is 11.5. The molecule has 0 aromatic rings. The molecular formula is C14H26N2O3. The van der Waals surface area contributed by atoms with Crippen molar-refractivity contribution in [2.75, 3.05) is 7.05 Å². The molecule has 0 bridgehead atoms. The van der Waals surface area contributed by atoms with Gasteiger partial charge in [-0.3, -0.25) is 0 Å². The van der Waals surface area contributed by atoms with E-state index in [4.69, 9.17) is 5.11 Å². The molecule has 0 spiro atoms. The van der Waals surface area contributed by atoms with E-state index >= 15 is 0 Å². The van der Waals surface area contributed by atoms with Gasteiger partial charge in [-0.1, -0.05) is 20.8 Å². The monoisotopic (exact) mass is 270 g/mol. The second kappa shape index (κ2) is 6.26. The van der Waals surface area contributed by atoms with Gasteiger partial charge in [0.25, 0.3) is 0 Å². The molecule has 0 aromatic carbocycles. The van der Waals surface area contributed by atoms with Crippen LogP contribution >= 0.6 is 0 Å². The van der Waals surface area contributed by atoms with Crippen LogP contribution in [-0.4, -0.2) is 41.1 Å². The van der Waals surface area contributed by atoms with Gasteiger partial charge in [0.15, 0.2) is 0 Å². The third kappa shape index (κ3) is 4.40. The number of carbonyl (C=O) groups is 2. The van der Waals surface area contributed by atoms with Crippen molar-refractivity contribution in [3.05, 3.63) is 0 Å². The molecule has 0 heterocycles. The fraction of sp³-hybridized carbons (Fsp3) is 0.857. The van der Waals surface area contributed by atoms with Gasteiger partial charge in [0.1, 0.15) is 6.04 Å². The van der Waals surface area contributed by atoms with Crippen LogP contribution in [0.4, 0.5) is 4.79 Å². The third-order valence-electron chi connectivity index (χ3n) is 4.18. The van der Waals surface area contributed by atoms with E-state index in [1.165, 1.54) is 0 Å². The van der Waals surface area contributed by atoms with Crippen LogP contribution in [0.15, 0.2) is 0 Å². The van der Waals surface area contributed by atoms with E-state index in [1.807, 2.05) is 0 Å². The Labute approximate surface area is 115 Å². The molecule has 19 heavy (non-hydrogen) atoms. The number of hydrogen-bond acceptors (Lipinski definition) is 2. The summed E-state index contributed by atoms with van der Waals surface area (Å²) in [5.41, 5.74) is 0.362. The lowest BCUT2D eigenvalue weighted by Crippen LogP contribution is -2.50. The minimum atomic E-state index is -0.978. The Morgan fingerprint density at radius 2 is 1.89 bits per heavy atom. The zero-order chi connectivity index (χ0) is 14.6. The number of nitrogens with one attached hydrogen (secondary N) is 1. The second-order valence-electron chi connectivity index (χ2n) is 6.25. The highest BCUT2D eigenvalue weighted by molar-refractivity contribution is 5.82. The molecule has 1 rings (SSSR count). The Hall–Kier alpha value is -1.26. The number of urea groups is 1. The van der Waals surface area contributed by atoms with E-state index in [0.717, 1.165) is 25.7 Å². The summed E-state index contributed by atoms with van der Waals surface area (Å²) in [7, 11) is 1.76. The van der Waals surface area contributed by atoms with Gasteiger partial charge in [-0.15, -0.1) is 0 Å². The fourth-order valence-corrected chi connectivity index (χ4v) is 2.53. The van der Waals surface area contributed by atoms with Gasteiger partial charge >= 0.3 is 12.0 Å². The van der Waals surface area contributed by atoms with Crippen molar-refractivity contribution in [1.29, 1.82) is 0 Å². The van der Waals surface area contributed by atoms with E-state index in [1.54, 1.807) is 18.9 Å². The second-order valence-corrected chi connectivity index (χ2v) is 6.25. The molecule has 1 saturated carbocycles. The Balaban J connectivity index is 2.51. The van der Waals surface area contributed by atoms with Gasteiger partial charge in [-0.2, -0.15) is 0 Å². The molecule has 0 radical (unpaired) electrons. The predicted octanol–water partition coefficient (Wildman–Crippen LogP) is 2.46. The maximum absolute atomic E-state index is 12.0. The molecule has 110 valence electrons. The van der Waals surface area contributed by atoms with Crippen molar-refractivity contribution >= 4 is 12.0 Å². The number of rotatable bonds is 4. The van der Waals surface area contributed by atoms with Gasteiger partial charge in [0.2, 0.25) is 0 Å². The minimum absolute atomic E-state index is 0.222. The Morgan fingerprint density at radius 1 is 1.37 bits per heavy atom. The number of aliphatic carboxylic acids is 1. The summed E-state index contributed by atoms with van der Waals surface area (Å²) in [6, 6.07) is -0.853. The topological polar surface area (TPSA) is 69.6 Å². The molecule has 5 nitrogen and oxygen atoms in total. The molecule has 0 saturated heterocycles. The van der Waals surface area contributed by atoms with Crippen LogP contribution in [0.25, 0.3) is 0 Å². The van der Waals surface area contributed by atoms with Crippen LogP contribution in [-0.2, 0) is 4.79 Å². The first-order valence-corrected chi connectivity index (χ1v) is 7.03. The number of carboxylic acid groups (broad SMARTS) is 1.